The first-order valence-electron chi connectivity index (χ1n) is 12.6. The minimum Gasteiger partial charge on any atom is -0.481 e. The Labute approximate surface area is 204 Å². The predicted molar refractivity (Wildman–Crippen MR) is 129 cm³/mol. The summed E-state index contributed by atoms with van der Waals surface area (Å²) in [5, 5.41) is 12.3. The van der Waals surface area contributed by atoms with Crippen molar-refractivity contribution < 1.29 is 24.2 Å². The Morgan fingerprint density at radius 3 is 2.31 bits per heavy atom. The SMILES string of the molecule is O=C(NC1CCC(C(=O)N2CCC3C(C2)C3C(=O)O)C1)OCC1c2ccccc2-c2ccccc21. The molecule has 6 rings (SSSR count). The van der Waals surface area contributed by atoms with Crippen LogP contribution in [0.15, 0.2) is 48.5 Å². The highest BCUT2D eigenvalue weighted by atomic mass is 16.5. The Morgan fingerprint density at radius 1 is 0.943 bits per heavy atom. The second-order valence-electron chi connectivity index (χ2n) is 10.4. The number of rotatable bonds is 5. The van der Waals surface area contributed by atoms with E-state index in [0.29, 0.717) is 19.5 Å². The first kappa shape index (κ1) is 22.1. The van der Waals surface area contributed by atoms with Crippen LogP contribution in [0.2, 0.25) is 0 Å². The number of aliphatic carboxylic acids is 1. The molecule has 2 aromatic carbocycles. The summed E-state index contributed by atoms with van der Waals surface area (Å²) in [6, 6.07) is 16.4. The molecule has 2 amide bonds. The molecule has 1 saturated heterocycles. The van der Waals surface area contributed by atoms with Gasteiger partial charge in [-0.3, -0.25) is 9.59 Å². The van der Waals surface area contributed by atoms with Crippen molar-refractivity contribution in [3.63, 3.8) is 0 Å². The number of ether oxygens (including phenoxy) is 1. The van der Waals surface area contributed by atoms with E-state index in [9.17, 15) is 19.5 Å². The average molecular weight is 475 g/mol. The van der Waals surface area contributed by atoms with Crippen LogP contribution in [0.5, 0.6) is 0 Å². The number of carboxylic acid groups (broad SMARTS) is 1. The Kier molecular flexibility index (Phi) is 5.50. The lowest BCUT2D eigenvalue weighted by Gasteiger charge is -2.28. The zero-order chi connectivity index (χ0) is 24.1. The largest absolute Gasteiger partial charge is 0.481 e. The number of fused-ring (bicyclic) bond motifs is 4. The van der Waals surface area contributed by atoms with Crippen LogP contribution in [-0.2, 0) is 14.3 Å². The number of carbonyl (C=O) groups excluding carboxylic acids is 2. The number of hydrogen-bond acceptors (Lipinski definition) is 4. The molecule has 2 N–H and O–H groups in total. The minimum absolute atomic E-state index is 0.0195. The van der Waals surface area contributed by atoms with Gasteiger partial charge in [0.25, 0.3) is 0 Å². The summed E-state index contributed by atoms with van der Waals surface area (Å²) < 4.78 is 5.67. The Balaban J connectivity index is 1.01. The molecular weight excluding hydrogens is 444 g/mol. The second-order valence-corrected chi connectivity index (χ2v) is 10.4. The van der Waals surface area contributed by atoms with E-state index in [0.717, 1.165) is 19.3 Å². The zero-order valence-corrected chi connectivity index (χ0v) is 19.6. The molecule has 35 heavy (non-hydrogen) atoms. The Bertz CT molecular complexity index is 1130. The summed E-state index contributed by atoms with van der Waals surface area (Å²) >= 11 is 0. The fourth-order valence-electron chi connectivity index (χ4n) is 6.71. The van der Waals surface area contributed by atoms with E-state index in [4.69, 9.17) is 4.74 Å². The lowest BCUT2D eigenvalue weighted by atomic mass is 9.98. The van der Waals surface area contributed by atoms with Crippen LogP contribution in [0.4, 0.5) is 4.79 Å². The monoisotopic (exact) mass is 474 g/mol. The van der Waals surface area contributed by atoms with Crippen LogP contribution >= 0.6 is 0 Å². The van der Waals surface area contributed by atoms with E-state index in [-0.39, 0.29) is 48.1 Å². The van der Waals surface area contributed by atoms with Crippen molar-refractivity contribution in [3.8, 4) is 11.1 Å². The van der Waals surface area contributed by atoms with Crippen molar-refractivity contribution >= 4 is 18.0 Å². The molecule has 182 valence electrons. The summed E-state index contributed by atoms with van der Waals surface area (Å²) in [5.74, 6) is -0.652. The van der Waals surface area contributed by atoms with Crippen LogP contribution in [0.25, 0.3) is 11.1 Å². The third-order valence-corrected chi connectivity index (χ3v) is 8.54. The first-order chi connectivity index (χ1) is 17.0. The van der Waals surface area contributed by atoms with Crippen LogP contribution in [0, 0.1) is 23.7 Å². The van der Waals surface area contributed by atoms with Gasteiger partial charge >= 0.3 is 12.1 Å². The maximum Gasteiger partial charge on any atom is 0.407 e. The minimum atomic E-state index is -0.734. The van der Waals surface area contributed by atoms with Crippen molar-refractivity contribution in [2.24, 2.45) is 23.7 Å². The summed E-state index contributed by atoms with van der Waals surface area (Å²) in [5.41, 5.74) is 4.74. The number of benzene rings is 2. The number of carboxylic acids is 1. The van der Waals surface area contributed by atoms with E-state index in [2.05, 4.69) is 29.6 Å². The van der Waals surface area contributed by atoms with Gasteiger partial charge < -0.3 is 20.1 Å². The molecule has 5 unspecified atom stereocenters. The smallest absolute Gasteiger partial charge is 0.407 e. The highest BCUT2D eigenvalue weighted by Gasteiger charge is 2.57. The van der Waals surface area contributed by atoms with Crippen LogP contribution < -0.4 is 5.32 Å². The standard InChI is InChI=1S/C28H30N2O5/c31-26(30-12-11-22-23(14-30)25(22)27(32)33)16-9-10-17(13-16)29-28(34)35-15-24-20-7-3-1-5-18(20)19-6-2-4-8-21(19)24/h1-8,16-17,22-25H,9-15H2,(H,29,34)(H,32,33). The van der Waals surface area contributed by atoms with Crippen molar-refractivity contribution in [1.29, 1.82) is 0 Å². The number of carbonyl (C=O) groups is 3. The average Bonchev–Trinajstić information content (AvgIpc) is 3.26. The number of nitrogens with one attached hydrogen (secondary N) is 1. The van der Waals surface area contributed by atoms with E-state index >= 15 is 0 Å². The molecule has 5 atom stereocenters. The molecule has 7 nitrogen and oxygen atoms in total. The zero-order valence-electron chi connectivity index (χ0n) is 19.6. The van der Waals surface area contributed by atoms with Gasteiger partial charge in [0.05, 0.1) is 5.92 Å². The molecule has 0 bridgehead atoms. The van der Waals surface area contributed by atoms with E-state index in [1.165, 1.54) is 22.3 Å². The Morgan fingerprint density at radius 2 is 1.63 bits per heavy atom. The third-order valence-electron chi connectivity index (χ3n) is 8.54. The van der Waals surface area contributed by atoms with Crippen molar-refractivity contribution in [3.05, 3.63) is 59.7 Å². The lowest BCUT2D eigenvalue weighted by molar-refractivity contribution is -0.140. The van der Waals surface area contributed by atoms with E-state index in [1.54, 1.807) is 0 Å². The Hall–Kier alpha value is -3.35. The van der Waals surface area contributed by atoms with E-state index in [1.807, 2.05) is 29.2 Å². The highest BCUT2D eigenvalue weighted by molar-refractivity contribution is 5.81. The molecule has 0 radical (unpaired) electrons. The van der Waals surface area contributed by atoms with Crippen molar-refractivity contribution in [2.45, 2.75) is 37.6 Å². The fourth-order valence-corrected chi connectivity index (χ4v) is 6.71. The van der Waals surface area contributed by atoms with Gasteiger partial charge in [0, 0.05) is 31.0 Å². The van der Waals surface area contributed by atoms with Crippen molar-refractivity contribution in [1.82, 2.24) is 10.2 Å². The van der Waals surface area contributed by atoms with Crippen LogP contribution in [-0.4, -0.2) is 53.7 Å². The van der Waals surface area contributed by atoms with Gasteiger partial charge in [0.2, 0.25) is 5.91 Å². The van der Waals surface area contributed by atoms with Gasteiger partial charge in [-0.2, -0.15) is 0 Å². The number of amides is 2. The van der Waals surface area contributed by atoms with Crippen LogP contribution in [0.1, 0.15) is 42.7 Å². The number of nitrogens with zero attached hydrogens (tertiary/aromatic N) is 1. The summed E-state index contributed by atoms with van der Waals surface area (Å²) in [6.45, 7) is 1.47. The number of piperidine rings is 1. The molecule has 3 fully saturated rings. The molecule has 1 heterocycles. The highest BCUT2D eigenvalue weighted by Crippen LogP contribution is 2.52. The molecule has 2 saturated carbocycles. The molecule has 7 heteroatoms. The van der Waals surface area contributed by atoms with Gasteiger partial charge in [0.15, 0.2) is 0 Å². The first-order valence-corrected chi connectivity index (χ1v) is 12.6. The van der Waals surface area contributed by atoms with E-state index < -0.39 is 12.1 Å². The molecule has 0 spiro atoms. The molecule has 4 aliphatic rings. The van der Waals surface area contributed by atoms with Gasteiger partial charge in [-0.05, 0) is 59.8 Å². The van der Waals surface area contributed by atoms with Crippen LogP contribution in [0.3, 0.4) is 0 Å². The molecule has 3 aliphatic carbocycles. The lowest BCUT2D eigenvalue weighted by Crippen LogP contribution is -2.41. The molecule has 1 aliphatic heterocycles. The normalized spacial score (nSPS) is 28.6. The maximum absolute atomic E-state index is 13.0. The maximum atomic E-state index is 13.0. The van der Waals surface area contributed by atoms with Gasteiger partial charge in [0.1, 0.15) is 6.61 Å². The number of alkyl carbamates (subject to hydrolysis) is 1. The topological polar surface area (TPSA) is 95.9 Å². The fraction of sp³-hybridized carbons (Fsp3) is 0.464. The molecule has 2 aromatic rings. The number of hydrogen-bond donors (Lipinski definition) is 2. The van der Waals surface area contributed by atoms with Crippen molar-refractivity contribution in [2.75, 3.05) is 19.7 Å². The predicted octanol–water partition coefficient (Wildman–Crippen LogP) is 3.87. The molecular formula is C28H30N2O5. The summed E-state index contributed by atoms with van der Waals surface area (Å²) in [4.78, 5) is 38.8. The summed E-state index contributed by atoms with van der Waals surface area (Å²) in [6.07, 6.45) is 2.43. The van der Waals surface area contributed by atoms with Gasteiger partial charge in [-0.25, -0.2) is 4.79 Å². The number of likely N-dealkylation sites (tertiary alicyclic amines) is 1. The molecule has 0 aromatic heterocycles. The van der Waals surface area contributed by atoms with Gasteiger partial charge in [-0.1, -0.05) is 48.5 Å². The third kappa shape index (κ3) is 3.97. The summed E-state index contributed by atoms with van der Waals surface area (Å²) in [7, 11) is 0. The van der Waals surface area contributed by atoms with Gasteiger partial charge in [-0.15, -0.1) is 0 Å². The quantitative estimate of drug-likeness (QED) is 0.686. The second kappa shape index (κ2) is 8.70.